The Balaban J connectivity index is 1.22. The summed E-state index contributed by atoms with van der Waals surface area (Å²) in [6, 6.07) is 18.7. The monoisotopic (exact) mass is 417 g/mol. The smallest absolute Gasteiger partial charge is 0.272 e. The summed E-state index contributed by atoms with van der Waals surface area (Å²) in [6.45, 7) is 3.95. The van der Waals surface area contributed by atoms with Crippen LogP contribution in [0.25, 0.3) is 0 Å². The molecule has 0 radical (unpaired) electrons. The Labute approximate surface area is 180 Å². The molecule has 0 bridgehead atoms. The lowest BCUT2D eigenvalue weighted by Crippen LogP contribution is -2.51. The van der Waals surface area contributed by atoms with Gasteiger partial charge in [-0.25, -0.2) is 4.39 Å². The van der Waals surface area contributed by atoms with Crippen molar-refractivity contribution in [2.75, 3.05) is 24.5 Å². The highest BCUT2D eigenvalue weighted by atomic mass is 19.1. The van der Waals surface area contributed by atoms with Crippen molar-refractivity contribution in [2.45, 2.75) is 25.6 Å². The zero-order chi connectivity index (χ0) is 21.2. The van der Waals surface area contributed by atoms with E-state index in [0.717, 1.165) is 55.1 Å². The average molecular weight is 417 g/mol. The van der Waals surface area contributed by atoms with Crippen LogP contribution in [0.1, 0.15) is 27.2 Å². The molecule has 0 saturated carbocycles. The number of amides is 1. The number of nitrogens with zero attached hydrogens (tertiary/aromatic N) is 4. The molecule has 0 spiro atoms. The quantitative estimate of drug-likeness (QED) is 0.692. The second kappa shape index (κ2) is 8.43. The highest BCUT2D eigenvalue weighted by Crippen LogP contribution is 2.32. The van der Waals surface area contributed by atoms with E-state index in [0.29, 0.717) is 18.3 Å². The first kappa shape index (κ1) is 19.6. The van der Waals surface area contributed by atoms with Crippen molar-refractivity contribution in [1.82, 2.24) is 20.4 Å². The summed E-state index contributed by atoms with van der Waals surface area (Å²) in [6.07, 6.45) is 0.851. The molecule has 1 saturated heterocycles. The van der Waals surface area contributed by atoms with Gasteiger partial charge in [0.25, 0.3) is 5.91 Å². The fourth-order valence-corrected chi connectivity index (χ4v) is 4.41. The van der Waals surface area contributed by atoms with Crippen LogP contribution in [0.5, 0.6) is 0 Å². The van der Waals surface area contributed by atoms with Gasteiger partial charge in [-0.05, 0) is 35.7 Å². The first-order valence-electron chi connectivity index (χ1n) is 10.6. The first-order valence-corrected chi connectivity index (χ1v) is 10.6. The number of nitrogens with one attached hydrogen (secondary N) is 1. The third kappa shape index (κ3) is 4.27. The third-order valence-corrected chi connectivity index (χ3v) is 5.99. The number of piperazine rings is 1. The molecular weight excluding hydrogens is 393 g/mol. The predicted octanol–water partition coefficient (Wildman–Crippen LogP) is 2.79. The lowest BCUT2D eigenvalue weighted by atomic mass is 10.1. The molecule has 2 aliphatic rings. The van der Waals surface area contributed by atoms with E-state index in [-0.39, 0.29) is 11.7 Å². The van der Waals surface area contributed by atoms with E-state index in [1.54, 1.807) is 0 Å². The van der Waals surface area contributed by atoms with Gasteiger partial charge in [0.2, 0.25) is 0 Å². The van der Waals surface area contributed by atoms with Gasteiger partial charge in [0, 0.05) is 44.3 Å². The molecule has 1 fully saturated rings. The van der Waals surface area contributed by atoms with Gasteiger partial charge in [0.1, 0.15) is 5.82 Å². The molecule has 1 aromatic heterocycles. The van der Waals surface area contributed by atoms with E-state index >= 15 is 0 Å². The Morgan fingerprint density at radius 2 is 1.84 bits per heavy atom. The zero-order valence-electron chi connectivity index (χ0n) is 17.2. The van der Waals surface area contributed by atoms with Crippen LogP contribution in [0.4, 0.5) is 10.2 Å². The van der Waals surface area contributed by atoms with Crippen molar-refractivity contribution in [2.24, 2.45) is 0 Å². The predicted molar refractivity (Wildman–Crippen MR) is 116 cm³/mol. The summed E-state index contributed by atoms with van der Waals surface area (Å²) in [7, 11) is 0. The van der Waals surface area contributed by atoms with Crippen LogP contribution < -0.4 is 10.2 Å². The van der Waals surface area contributed by atoms with Gasteiger partial charge >= 0.3 is 0 Å². The van der Waals surface area contributed by atoms with Crippen LogP contribution in [0.2, 0.25) is 0 Å². The highest BCUT2D eigenvalue weighted by Gasteiger charge is 2.36. The van der Waals surface area contributed by atoms with E-state index < -0.39 is 0 Å². The van der Waals surface area contributed by atoms with Gasteiger partial charge in [-0.15, -0.1) is 10.2 Å². The lowest BCUT2D eigenvalue weighted by Gasteiger charge is -2.38. The molecule has 1 atom stereocenters. The lowest BCUT2D eigenvalue weighted by molar-refractivity contribution is 0.0945. The second-order valence-corrected chi connectivity index (χ2v) is 8.16. The normalized spacial score (nSPS) is 17.8. The van der Waals surface area contributed by atoms with Gasteiger partial charge in [-0.3, -0.25) is 9.69 Å². The SMILES string of the molecule is O=C(NCc1ccccc1)c1cc2c(nn1)N1CCN(Cc3ccc(F)cc3)CC1C2. The number of benzene rings is 2. The van der Waals surface area contributed by atoms with Gasteiger partial charge in [-0.2, -0.15) is 0 Å². The number of fused-ring (bicyclic) bond motifs is 3. The molecule has 5 rings (SSSR count). The Bertz CT molecular complexity index is 1070. The topological polar surface area (TPSA) is 61.4 Å². The average Bonchev–Trinajstić information content (AvgIpc) is 3.16. The number of aromatic nitrogens is 2. The van der Waals surface area contributed by atoms with Crippen LogP contribution in [-0.2, 0) is 19.5 Å². The molecule has 6 nitrogen and oxygen atoms in total. The molecule has 0 aliphatic carbocycles. The maximum atomic E-state index is 13.2. The number of carbonyl (C=O) groups is 1. The van der Waals surface area contributed by atoms with Crippen LogP contribution in [0.3, 0.4) is 0 Å². The number of hydrogen-bond acceptors (Lipinski definition) is 5. The van der Waals surface area contributed by atoms with Crippen molar-refractivity contribution in [1.29, 1.82) is 0 Å². The minimum atomic E-state index is -0.207. The molecule has 2 aliphatic heterocycles. The van der Waals surface area contributed by atoms with Gasteiger partial charge in [-0.1, -0.05) is 42.5 Å². The van der Waals surface area contributed by atoms with E-state index in [2.05, 4.69) is 25.3 Å². The maximum absolute atomic E-state index is 13.2. The molecule has 1 N–H and O–H groups in total. The van der Waals surface area contributed by atoms with Crippen molar-refractivity contribution in [3.63, 3.8) is 0 Å². The number of rotatable bonds is 5. The highest BCUT2D eigenvalue weighted by molar-refractivity contribution is 5.92. The fraction of sp³-hybridized carbons (Fsp3) is 0.292. The van der Waals surface area contributed by atoms with E-state index in [4.69, 9.17) is 0 Å². The molecule has 1 unspecified atom stereocenters. The van der Waals surface area contributed by atoms with Crippen molar-refractivity contribution in [3.8, 4) is 0 Å². The van der Waals surface area contributed by atoms with Gasteiger partial charge < -0.3 is 10.2 Å². The Morgan fingerprint density at radius 3 is 2.65 bits per heavy atom. The summed E-state index contributed by atoms with van der Waals surface area (Å²) in [5.74, 6) is 0.481. The summed E-state index contributed by atoms with van der Waals surface area (Å²) < 4.78 is 13.2. The van der Waals surface area contributed by atoms with Crippen LogP contribution >= 0.6 is 0 Å². The van der Waals surface area contributed by atoms with Gasteiger partial charge in [0.05, 0.1) is 0 Å². The summed E-state index contributed by atoms with van der Waals surface area (Å²) in [5.41, 5.74) is 3.59. The third-order valence-electron chi connectivity index (χ3n) is 5.99. The minimum absolute atomic E-state index is 0.206. The molecule has 7 heteroatoms. The molecule has 1 amide bonds. The largest absolute Gasteiger partial charge is 0.349 e. The zero-order valence-corrected chi connectivity index (χ0v) is 17.2. The molecule has 2 aromatic carbocycles. The molecule has 31 heavy (non-hydrogen) atoms. The van der Waals surface area contributed by atoms with Crippen LogP contribution in [-0.4, -0.2) is 46.7 Å². The Kier molecular flexibility index (Phi) is 5.34. The van der Waals surface area contributed by atoms with E-state index in [9.17, 15) is 9.18 Å². The number of carbonyl (C=O) groups excluding carboxylic acids is 1. The number of hydrogen-bond donors (Lipinski definition) is 1. The fourth-order valence-electron chi connectivity index (χ4n) is 4.41. The van der Waals surface area contributed by atoms with Crippen molar-refractivity contribution < 1.29 is 9.18 Å². The molecule has 3 heterocycles. The summed E-state index contributed by atoms with van der Waals surface area (Å²) >= 11 is 0. The standard InChI is InChI=1S/C24H24FN5O/c25-20-8-6-18(7-9-20)15-29-10-11-30-21(16-29)12-19-13-22(27-28-23(19)30)24(31)26-14-17-4-2-1-3-5-17/h1-9,13,21H,10-12,14-16H2,(H,26,31). The van der Waals surface area contributed by atoms with Gasteiger partial charge in [0.15, 0.2) is 11.5 Å². The van der Waals surface area contributed by atoms with Crippen LogP contribution in [0, 0.1) is 5.82 Å². The summed E-state index contributed by atoms with van der Waals surface area (Å²) in [5, 5.41) is 11.5. The van der Waals surface area contributed by atoms with E-state index in [1.807, 2.05) is 48.5 Å². The van der Waals surface area contributed by atoms with Crippen molar-refractivity contribution >= 4 is 11.7 Å². The number of halogens is 1. The first-order chi connectivity index (χ1) is 15.2. The molecule has 158 valence electrons. The summed E-state index contributed by atoms with van der Waals surface area (Å²) in [4.78, 5) is 17.2. The van der Waals surface area contributed by atoms with E-state index in [1.165, 1.54) is 12.1 Å². The Hall–Kier alpha value is -3.32. The van der Waals surface area contributed by atoms with Crippen molar-refractivity contribution in [3.05, 3.63) is 88.9 Å². The Morgan fingerprint density at radius 1 is 1.03 bits per heavy atom. The molecule has 3 aromatic rings. The van der Waals surface area contributed by atoms with Crippen LogP contribution in [0.15, 0.2) is 60.7 Å². The second-order valence-electron chi connectivity index (χ2n) is 8.16. The molecular formula is C24H24FN5O. The maximum Gasteiger partial charge on any atom is 0.272 e. The minimum Gasteiger partial charge on any atom is -0.349 e. The number of anilines is 1.